The van der Waals surface area contributed by atoms with Gasteiger partial charge in [0.15, 0.2) is 11.3 Å². The first-order chi connectivity index (χ1) is 13.1. The molecule has 1 N–H and O–H groups in total. The van der Waals surface area contributed by atoms with Gasteiger partial charge in [0.2, 0.25) is 0 Å². The molecule has 0 unspecified atom stereocenters. The molecular formula is C20H15FN4O2. The number of anilines is 1. The summed E-state index contributed by atoms with van der Waals surface area (Å²) in [6.45, 7) is 0. The molecule has 0 radical (unpaired) electrons. The number of amides is 1. The molecule has 6 nitrogen and oxygen atoms in total. The lowest BCUT2D eigenvalue weighted by Crippen LogP contribution is -2.12. The number of aromatic nitrogens is 3. The van der Waals surface area contributed by atoms with Crippen molar-refractivity contribution in [1.29, 1.82) is 0 Å². The quantitative estimate of drug-likeness (QED) is 0.600. The van der Waals surface area contributed by atoms with Crippen molar-refractivity contribution in [2.45, 2.75) is 0 Å². The molecule has 2 aromatic carbocycles. The van der Waals surface area contributed by atoms with Crippen LogP contribution < -0.4 is 10.1 Å². The number of fused-ring (bicyclic) bond motifs is 1. The number of rotatable bonds is 4. The summed E-state index contributed by atoms with van der Waals surface area (Å²) in [5.41, 5.74) is 2.82. The van der Waals surface area contributed by atoms with Crippen LogP contribution in [-0.2, 0) is 0 Å². The lowest BCUT2D eigenvalue weighted by molar-refractivity contribution is 0.102. The van der Waals surface area contributed by atoms with Gasteiger partial charge < -0.3 is 10.1 Å². The molecule has 0 saturated heterocycles. The van der Waals surface area contributed by atoms with Crippen LogP contribution in [-0.4, -0.2) is 27.6 Å². The second kappa shape index (κ2) is 6.87. The third-order valence-corrected chi connectivity index (χ3v) is 4.06. The molecule has 2 aromatic heterocycles. The Hall–Kier alpha value is -3.74. The summed E-state index contributed by atoms with van der Waals surface area (Å²) in [6, 6.07) is 16.5. The number of methoxy groups -OCH3 is 1. The van der Waals surface area contributed by atoms with Crippen LogP contribution in [0, 0.1) is 5.82 Å². The summed E-state index contributed by atoms with van der Waals surface area (Å²) >= 11 is 0. The van der Waals surface area contributed by atoms with Gasteiger partial charge in [-0.05, 0) is 42.5 Å². The fourth-order valence-electron chi connectivity index (χ4n) is 2.74. The highest BCUT2D eigenvalue weighted by atomic mass is 19.1. The number of ether oxygens (including phenoxy) is 1. The fraction of sp³-hybridized carbons (Fsp3) is 0.0500. The van der Waals surface area contributed by atoms with Crippen LogP contribution >= 0.6 is 0 Å². The summed E-state index contributed by atoms with van der Waals surface area (Å²) in [5, 5.41) is 7.16. The summed E-state index contributed by atoms with van der Waals surface area (Å²) in [7, 11) is 1.56. The van der Waals surface area contributed by atoms with Crippen LogP contribution in [0.1, 0.15) is 10.5 Å². The summed E-state index contributed by atoms with van der Waals surface area (Å²) in [4.78, 5) is 16.8. The van der Waals surface area contributed by atoms with Gasteiger partial charge in [-0.25, -0.2) is 13.9 Å². The second-order valence-electron chi connectivity index (χ2n) is 5.82. The maximum atomic E-state index is 13.2. The van der Waals surface area contributed by atoms with Gasteiger partial charge in [0, 0.05) is 29.6 Å². The zero-order valence-corrected chi connectivity index (χ0v) is 14.4. The summed E-state index contributed by atoms with van der Waals surface area (Å²) < 4.78 is 19.9. The average Bonchev–Trinajstić information content (AvgIpc) is 3.13. The van der Waals surface area contributed by atoms with Crippen LogP contribution in [0.4, 0.5) is 10.1 Å². The van der Waals surface area contributed by atoms with Crippen LogP contribution in [0.2, 0.25) is 0 Å². The lowest BCUT2D eigenvalue weighted by atomic mass is 10.1. The smallest absolute Gasteiger partial charge is 0.276 e. The average molecular weight is 362 g/mol. The standard InChI is InChI=1S/C20H15FN4O2/c1-27-16-4-2-3-15(11-16)23-20(26)17-12-19-22-10-9-18(25(19)24-17)13-5-7-14(21)8-6-13/h2-12H,1H3,(H,23,26). The Morgan fingerprint density at radius 2 is 1.93 bits per heavy atom. The predicted molar refractivity (Wildman–Crippen MR) is 99.3 cm³/mol. The molecule has 4 aromatic rings. The highest BCUT2D eigenvalue weighted by molar-refractivity contribution is 6.03. The van der Waals surface area contributed by atoms with E-state index in [0.29, 0.717) is 22.8 Å². The molecule has 2 heterocycles. The molecular weight excluding hydrogens is 347 g/mol. The highest BCUT2D eigenvalue weighted by Crippen LogP contribution is 2.21. The number of carbonyl (C=O) groups excluding carboxylic acids is 1. The van der Waals surface area contributed by atoms with E-state index in [-0.39, 0.29) is 17.4 Å². The fourth-order valence-corrected chi connectivity index (χ4v) is 2.74. The van der Waals surface area contributed by atoms with Gasteiger partial charge in [0.25, 0.3) is 5.91 Å². The number of nitrogens with one attached hydrogen (secondary N) is 1. The van der Waals surface area contributed by atoms with Crippen LogP contribution in [0.3, 0.4) is 0 Å². The number of hydrogen-bond acceptors (Lipinski definition) is 4. The van der Waals surface area contributed by atoms with E-state index in [4.69, 9.17) is 4.74 Å². The van der Waals surface area contributed by atoms with E-state index in [9.17, 15) is 9.18 Å². The SMILES string of the molecule is COc1cccc(NC(=O)c2cc3nccc(-c4ccc(F)cc4)n3n2)c1. The summed E-state index contributed by atoms with van der Waals surface area (Å²) in [6.07, 6.45) is 1.62. The third kappa shape index (κ3) is 3.35. The second-order valence-corrected chi connectivity index (χ2v) is 5.82. The van der Waals surface area contributed by atoms with Gasteiger partial charge in [0.05, 0.1) is 12.8 Å². The zero-order valence-electron chi connectivity index (χ0n) is 14.4. The minimum absolute atomic E-state index is 0.222. The number of carbonyl (C=O) groups is 1. The van der Waals surface area contributed by atoms with E-state index in [0.717, 1.165) is 5.56 Å². The number of benzene rings is 2. The van der Waals surface area contributed by atoms with E-state index in [1.54, 1.807) is 66.4 Å². The van der Waals surface area contributed by atoms with Crippen molar-refractivity contribution < 1.29 is 13.9 Å². The molecule has 4 rings (SSSR count). The van der Waals surface area contributed by atoms with Crippen LogP contribution in [0.5, 0.6) is 5.75 Å². The molecule has 27 heavy (non-hydrogen) atoms. The molecule has 0 aliphatic carbocycles. The van der Waals surface area contributed by atoms with Gasteiger partial charge >= 0.3 is 0 Å². The topological polar surface area (TPSA) is 68.5 Å². The Labute approximate surface area is 154 Å². The van der Waals surface area contributed by atoms with Gasteiger partial charge in [-0.15, -0.1) is 0 Å². The molecule has 0 aliphatic heterocycles. The number of hydrogen-bond donors (Lipinski definition) is 1. The largest absolute Gasteiger partial charge is 0.497 e. The normalized spacial score (nSPS) is 10.7. The molecule has 0 atom stereocenters. The first-order valence-corrected chi connectivity index (χ1v) is 8.20. The first-order valence-electron chi connectivity index (χ1n) is 8.20. The molecule has 0 bridgehead atoms. The Morgan fingerprint density at radius 3 is 2.70 bits per heavy atom. The predicted octanol–water partition coefficient (Wildman–Crippen LogP) is 3.80. The van der Waals surface area contributed by atoms with E-state index >= 15 is 0 Å². The minimum atomic E-state index is -0.362. The molecule has 134 valence electrons. The maximum Gasteiger partial charge on any atom is 0.276 e. The van der Waals surface area contributed by atoms with Crippen molar-refractivity contribution >= 4 is 17.2 Å². The summed E-state index contributed by atoms with van der Waals surface area (Å²) in [5.74, 6) is -0.0373. The van der Waals surface area contributed by atoms with Gasteiger partial charge in [-0.2, -0.15) is 5.10 Å². The Bertz CT molecular complexity index is 1120. The van der Waals surface area contributed by atoms with Gasteiger partial charge in [0.1, 0.15) is 11.6 Å². The van der Waals surface area contributed by atoms with E-state index in [1.807, 2.05) is 0 Å². The van der Waals surface area contributed by atoms with Crippen molar-refractivity contribution in [2.75, 3.05) is 12.4 Å². The minimum Gasteiger partial charge on any atom is -0.497 e. The molecule has 0 fully saturated rings. The monoisotopic (exact) mass is 362 g/mol. The Morgan fingerprint density at radius 1 is 1.11 bits per heavy atom. The van der Waals surface area contributed by atoms with Crippen LogP contribution in [0.25, 0.3) is 16.9 Å². The third-order valence-electron chi connectivity index (χ3n) is 4.06. The highest BCUT2D eigenvalue weighted by Gasteiger charge is 2.14. The van der Waals surface area contributed by atoms with Crippen molar-refractivity contribution in [3.63, 3.8) is 0 Å². The number of halogens is 1. The first kappa shape index (κ1) is 16.7. The van der Waals surface area contributed by atoms with E-state index in [1.165, 1.54) is 12.1 Å². The molecule has 7 heteroatoms. The molecule has 0 aliphatic rings. The Kier molecular flexibility index (Phi) is 4.25. The van der Waals surface area contributed by atoms with Crippen molar-refractivity contribution in [3.8, 4) is 17.0 Å². The maximum absolute atomic E-state index is 13.2. The van der Waals surface area contributed by atoms with Crippen molar-refractivity contribution in [2.24, 2.45) is 0 Å². The zero-order chi connectivity index (χ0) is 18.8. The Balaban J connectivity index is 1.68. The van der Waals surface area contributed by atoms with Crippen LogP contribution in [0.15, 0.2) is 66.9 Å². The lowest BCUT2D eigenvalue weighted by Gasteiger charge is -2.05. The van der Waals surface area contributed by atoms with Gasteiger partial charge in [-0.1, -0.05) is 6.07 Å². The van der Waals surface area contributed by atoms with Gasteiger partial charge in [-0.3, -0.25) is 4.79 Å². The number of nitrogens with zero attached hydrogens (tertiary/aromatic N) is 3. The molecule has 0 saturated carbocycles. The molecule has 0 spiro atoms. The van der Waals surface area contributed by atoms with E-state index < -0.39 is 0 Å². The van der Waals surface area contributed by atoms with Crippen molar-refractivity contribution in [3.05, 3.63) is 78.4 Å². The van der Waals surface area contributed by atoms with Crippen molar-refractivity contribution in [1.82, 2.24) is 14.6 Å². The molecule has 1 amide bonds. The van der Waals surface area contributed by atoms with E-state index in [2.05, 4.69) is 15.4 Å².